The van der Waals surface area contributed by atoms with E-state index in [1.165, 1.54) is 18.0 Å². The minimum atomic E-state index is -0.158. The number of hydrogen-bond donors (Lipinski definition) is 1. The van der Waals surface area contributed by atoms with Crippen molar-refractivity contribution >= 4 is 72.3 Å². The molecule has 0 spiro atoms. The van der Waals surface area contributed by atoms with Crippen molar-refractivity contribution in [2.75, 3.05) is 5.75 Å². The van der Waals surface area contributed by atoms with Gasteiger partial charge in [-0.05, 0) is 28.1 Å². The molecule has 18 heavy (non-hydrogen) atoms. The van der Waals surface area contributed by atoms with Gasteiger partial charge in [-0.25, -0.2) is 0 Å². The molecule has 0 aromatic heterocycles. The van der Waals surface area contributed by atoms with Crippen LogP contribution >= 0.6 is 55.8 Å². The molecule has 1 saturated heterocycles. The second kappa shape index (κ2) is 5.68. The van der Waals surface area contributed by atoms with Crippen LogP contribution in [-0.4, -0.2) is 32.3 Å². The highest BCUT2D eigenvalue weighted by atomic mass is 79.9. The second-order valence-electron chi connectivity index (χ2n) is 3.33. The van der Waals surface area contributed by atoms with Gasteiger partial charge in [-0.2, -0.15) is 10.1 Å². The Hall–Kier alpha value is -0.440. The molecule has 0 radical (unpaired) electrons. The zero-order valence-corrected chi connectivity index (χ0v) is 13.6. The third-order valence-corrected chi connectivity index (χ3v) is 4.50. The van der Waals surface area contributed by atoms with Crippen LogP contribution in [0.25, 0.3) is 0 Å². The Morgan fingerprint density at radius 2 is 2.22 bits per heavy atom. The number of thiocarbonyl (C=S) groups is 1. The average Bonchev–Trinajstić information content (AvgIpc) is 2.62. The number of phenolic OH excluding ortho intramolecular Hbond substituents is 1. The summed E-state index contributed by atoms with van der Waals surface area (Å²) in [6.45, 7) is 0. The lowest BCUT2D eigenvalue weighted by atomic mass is 10.2. The number of benzene rings is 1. The number of amides is 1. The number of carbonyl (C=O) groups excluding carboxylic acids is 1. The van der Waals surface area contributed by atoms with Crippen LogP contribution in [0.4, 0.5) is 0 Å². The molecule has 0 saturated carbocycles. The van der Waals surface area contributed by atoms with Gasteiger partial charge in [-0.3, -0.25) is 4.79 Å². The quantitative estimate of drug-likeness (QED) is 0.602. The first kappa shape index (κ1) is 14.0. The molecule has 4 nitrogen and oxygen atoms in total. The topological polar surface area (TPSA) is 52.9 Å². The molecule has 1 aliphatic heterocycles. The van der Waals surface area contributed by atoms with Crippen molar-refractivity contribution < 1.29 is 9.90 Å². The fourth-order valence-electron chi connectivity index (χ4n) is 1.26. The molecule has 1 N–H and O–H groups in total. The van der Waals surface area contributed by atoms with Crippen LogP contribution in [0.2, 0.25) is 0 Å². The number of hydrogen-bond acceptors (Lipinski definition) is 5. The average molecular weight is 410 g/mol. The van der Waals surface area contributed by atoms with Crippen molar-refractivity contribution in [3.8, 4) is 5.75 Å². The summed E-state index contributed by atoms with van der Waals surface area (Å²) in [7, 11) is 0. The molecular formula is C10H6Br2N2O2S2. The molecule has 2 rings (SSSR count). The molecule has 1 aromatic carbocycles. The highest BCUT2D eigenvalue weighted by Gasteiger charge is 2.26. The molecule has 0 bridgehead atoms. The Morgan fingerprint density at radius 3 is 2.83 bits per heavy atom. The molecular weight excluding hydrogens is 404 g/mol. The van der Waals surface area contributed by atoms with Crippen LogP contribution < -0.4 is 0 Å². The molecule has 1 amide bonds. The van der Waals surface area contributed by atoms with Gasteiger partial charge in [0.2, 0.25) is 0 Å². The van der Waals surface area contributed by atoms with Gasteiger partial charge in [0.1, 0.15) is 5.75 Å². The summed E-state index contributed by atoms with van der Waals surface area (Å²) in [4.78, 5) is 11.4. The van der Waals surface area contributed by atoms with Gasteiger partial charge in [0, 0.05) is 10.0 Å². The van der Waals surface area contributed by atoms with E-state index >= 15 is 0 Å². The molecule has 1 heterocycles. The maximum atomic E-state index is 11.4. The van der Waals surface area contributed by atoms with Crippen molar-refractivity contribution in [1.82, 2.24) is 5.01 Å². The van der Waals surface area contributed by atoms with Crippen molar-refractivity contribution in [1.29, 1.82) is 0 Å². The van der Waals surface area contributed by atoms with E-state index in [1.807, 2.05) is 0 Å². The predicted octanol–water partition coefficient (Wildman–Crippen LogP) is 3.11. The highest BCUT2D eigenvalue weighted by molar-refractivity contribution is 9.11. The third kappa shape index (κ3) is 2.93. The van der Waals surface area contributed by atoms with Gasteiger partial charge in [-0.1, -0.05) is 39.9 Å². The third-order valence-electron chi connectivity index (χ3n) is 2.10. The monoisotopic (exact) mass is 408 g/mol. The van der Waals surface area contributed by atoms with Crippen molar-refractivity contribution in [3.63, 3.8) is 0 Å². The van der Waals surface area contributed by atoms with Gasteiger partial charge in [0.25, 0.3) is 5.91 Å². The standard InChI is InChI=1S/C10H6Br2N2O2S2/c11-6-1-5(9(16)7(12)2-6)3-13-14-8(15)4-18-10(14)17/h1-3,16H,4H2. The number of hydrazone groups is 1. The number of aromatic hydroxyl groups is 1. The molecule has 1 fully saturated rings. The van der Waals surface area contributed by atoms with Crippen molar-refractivity contribution in [2.24, 2.45) is 5.10 Å². The molecule has 0 aliphatic carbocycles. The number of carbonyl (C=O) groups is 1. The zero-order valence-electron chi connectivity index (χ0n) is 8.76. The Kier molecular flexibility index (Phi) is 4.41. The Bertz CT molecular complexity index is 547. The van der Waals surface area contributed by atoms with Crippen molar-refractivity contribution in [2.45, 2.75) is 0 Å². The van der Waals surface area contributed by atoms with E-state index < -0.39 is 0 Å². The normalized spacial score (nSPS) is 16.0. The number of thioether (sulfide) groups is 1. The Morgan fingerprint density at radius 1 is 1.50 bits per heavy atom. The van der Waals surface area contributed by atoms with Crippen molar-refractivity contribution in [3.05, 3.63) is 26.6 Å². The van der Waals surface area contributed by atoms with Crippen LogP contribution in [-0.2, 0) is 4.79 Å². The minimum absolute atomic E-state index is 0.0622. The summed E-state index contributed by atoms with van der Waals surface area (Å²) < 4.78 is 1.76. The van der Waals surface area contributed by atoms with E-state index in [2.05, 4.69) is 37.0 Å². The van der Waals surface area contributed by atoms with Gasteiger partial charge in [0.05, 0.1) is 16.4 Å². The van der Waals surface area contributed by atoms with E-state index in [4.69, 9.17) is 12.2 Å². The lowest BCUT2D eigenvalue weighted by molar-refractivity contribution is -0.123. The Balaban J connectivity index is 2.29. The summed E-state index contributed by atoms with van der Waals surface area (Å²) in [6, 6.07) is 3.41. The maximum Gasteiger partial charge on any atom is 0.259 e. The fourth-order valence-corrected chi connectivity index (χ4v) is 3.49. The smallest absolute Gasteiger partial charge is 0.259 e. The van der Waals surface area contributed by atoms with Crippen LogP contribution in [0.1, 0.15) is 5.56 Å². The minimum Gasteiger partial charge on any atom is -0.506 e. The predicted molar refractivity (Wildman–Crippen MR) is 83.0 cm³/mol. The molecule has 1 aromatic rings. The molecule has 0 atom stereocenters. The first-order valence-electron chi connectivity index (χ1n) is 4.70. The van der Waals surface area contributed by atoms with E-state index in [-0.39, 0.29) is 11.7 Å². The maximum absolute atomic E-state index is 11.4. The SMILES string of the molecule is O=C1CSC(=S)N1N=Cc1cc(Br)cc(Br)c1O. The highest BCUT2D eigenvalue weighted by Crippen LogP contribution is 2.31. The number of halogens is 2. The summed E-state index contributed by atoms with van der Waals surface area (Å²) >= 11 is 12.8. The number of rotatable bonds is 2. The van der Waals surface area contributed by atoms with E-state index in [0.717, 1.165) is 9.48 Å². The fraction of sp³-hybridized carbons (Fsp3) is 0.100. The first-order chi connectivity index (χ1) is 8.49. The Labute approximate surface area is 130 Å². The van der Waals surface area contributed by atoms with E-state index in [9.17, 15) is 9.90 Å². The van der Waals surface area contributed by atoms with E-state index in [0.29, 0.717) is 20.1 Å². The van der Waals surface area contributed by atoms with Crippen LogP contribution in [0.5, 0.6) is 5.75 Å². The first-order valence-corrected chi connectivity index (χ1v) is 7.68. The molecule has 0 unspecified atom stereocenters. The second-order valence-corrected chi connectivity index (χ2v) is 6.71. The largest absolute Gasteiger partial charge is 0.506 e. The molecule has 1 aliphatic rings. The van der Waals surface area contributed by atoms with Gasteiger partial charge in [0.15, 0.2) is 4.32 Å². The molecule has 8 heteroatoms. The number of nitrogens with zero attached hydrogens (tertiary/aromatic N) is 2. The lowest BCUT2D eigenvalue weighted by Crippen LogP contribution is -2.22. The summed E-state index contributed by atoms with van der Waals surface area (Å²) in [5.41, 5.74) is 0.490. The van der Waals surface area contributed by atoms with E-state index in [1.54, 1.807) is 12.1 Å². The molecule has 94 valence electrons. The van der Waals surface area contributed by atoms with Crippen LogP contribution in [0, 0.1) is 0 Å². The van der Waals surface area contributed by atoms with Gasteiger partial charge >= 0.3 is 0 Å². The summed E-state index contributed by atoms with van der Waals surface area (Å²) in [6.07, 6.45) is 1.40. The van der Waals surface area contributed by atoms with Crippen LogP contribution in [0.15, 0.2) is 26.2 Å². The number of phenols is 1. The lowest BCUT2D eigenvalue weighted by Gasteiger charge is -2.07. The van der Waals surface area contributed by atoms with Crippen LogP contribution in [0.3, 0.4) is 0 Å². The summed E-state index contributed by atoms with van der Waals surface area (Å²) in [5, 5.41) is 15.0. The summed E-state index contributed by atoms with van der Waals surface area (Å²) in [5.74, 6) is 0.214. The van der Waals surface area contributed by atoms with Gasteiger partial charge < -0.3 is 5.11 Å². The van der Waals surface area contributed by atoms with Gasteiger partial charge in [-0.15, -0.1) is 0 Å². The zero-order chi connectivity index (χ0) is 13.3.